The Kier molecular flexibility index (Phi) is 2.40. The van der Waals surface area contributed by atoms with Crippen LogP contribution in [0.15, 0.2) is 18.2 Å². The SMILES string of the molecule is Cc1cccc2c1N(C)CC1CCNCC21. The molecule has 1 N–H and O–H groups in total. The second kappa shape index (κ2) is 3.77. The highest BCUT2D eigenvalue weighted by Gasteiger charge is 2.34. The highest BCUT2D eigenvalue weighted by molar-refractivity contribution is 5.62. The molecule has 86 valence electrons. The molecule has 16 heavy (non-hydrogen) atoms. The Hall–Kier alpha value is -1.02. The zero-order chi connectivity index (χ0) is 11.1. The highest BCUT2D eigenvalue weighted by Crippen LogP contribution is 2.41. The van der Waals surface area contributed by atoms with Crippen molar-refractivity contribution in [3.63, 3.8) is 0 Å². The maximum Gasteiger partial charge on any atom is 0.0429 e. The molecule has 0 saturated carbocycles. The van der Waals surface area contributed by atoms with Crippen molar-refractivity contribution in [3.8, 4) is 0 Å². The Morgan fingerprint density at radius 3 is 3.12 bits per heavy atom. The van der Waals surface area contributed by atoms with Crippen LogP contribution >= 0.6 is 0 Å². The molecule has 2 unspecified atom stereocenters. The predicted octanol–water partition coefficient (Wildman–Crippen LogP) is 2.14. The van der Waals surface area contributed by atoms with Crippen LogP contribution in [-0.4, -0.2) is 26.7 Å². The molecule has 2 aliphatic heterocycles. The summed E-state index contributed by atoms with van der Waals surface area (Å²) >= 11 is 0. The van der Waals surface area contributed by atoms with E-state index in [9.17, 15) is 0 Å². The molecular weight excluding hydrogens is 196 g/mol. The largest absolute Gasteiger partial charge is 0.374 e. The van der Waals surface area contributed by atoms with Gasteiger partial charge in [-0.15, -0.1) is 0 Å². The van der Waals surface area contributed by atoms with Gasteiger partial charge in [0, 0.05) is 31.7 Å². The van der Waals surface area contributed by atoms with Crippen LogP contribution in [0, 0.1) is 12.8 Å². The van der Waals surface area contributed by atoms with Gasteiger partial charge in [0.1, 0.15) is 0 Å². The lowest BCUT2D eigenvalue weighted by Crippen LogP contribution is -2.44. The van der Waals surface area contributed by atoms with E-state index in [1.54, 1.807) is 5.56 Å². The molecule has 0 aromatic heterocycles. The summed E-state index contributed by atoms with van der Waals surface area (Å²) in [6, 6.07) is 6.76. The monoisotopic (exact) mass is 216 g/mol. The van der Waals surface area contributed by atoms with E-state index in [0.717, 1.165) is 18.4 Å². The van der Waals surface area contributed by atoms with E-state index in [4.69, 9.17) is 0 Å². The van der Waals surface area contributed by atoms with Crippen LogP contribution in [0.5, 0.6) is 0 Å². The Labute approximate surface area is 97.6 Å². The van der Waals surface area contributed by atoms with Crippen molar-refractivity contribution in [2.45, 2.75) is 19.3 Å². The number of para-hydroxylation sites is 1. The van der Waals surface area contributed by atoms with E-state index in [-0.39, 0.29) is 0 Å². The number of fused-ring (bicyclic) bond motifs is 3. The third-order valence-corrected chi connectivity index (χ3v) is 4.18. The second-order valence-corrected chi connectivity index (χ2v) is 5.25. The molecule has 0 spiro atoms. The standard InChI is InChI=1S/C14H20N2/c1-10-4-3-5-12-13-8-15-7-6-11(13)9-16(2)14(10)12/h3-5,11,13,15H,6-9H2,1-2H3. The zero-order valence-corrected chi connectivity index (χ0v) is 10.2. The van der Waals surface area contributed by atoms with Gasteiger partial charge in [0.15, 0.2) is 0 Å². The van der Waals surface area contributed by atoms with Gasteiger partial charge in [-0.25, -0.2) is 0 Å². The van der Waals surface area contributed by atoms with Crippen molar-refractivity contribution >= 4 is 5.69 Å². The normalized spacial score (nSPS) is 28.5. The lowest BCUT2D eigenvalue weighted by Gasteiger charge is -2.43. The quantitative estimate of drug-likeness (QED) is 0.715. The van der Waals surface area contributed by atoms with Gasteiger partial charge in [-0.2, -0.15) is 0 Å². The van der Waals surface area contributed by atoms with Gasteiger partial charge in [-0.05, 0) is 36.9 Å². The summed E-state index contributed by atoms with van der Waals surface area (Å²) in [6.45, 7) is 5.81. The first-order chi connectivity index (χ1) is 7.77. The molecule has 1 fully saturated rings. The number of piperidine rings is 1. The lowest BCUT2D eigenvalue weighted by atomic mass is 9.77. The molecule has 2 nitrogen and oxygen atoms in total. The summed E-state index contributed by atoms with van der Waals surface area (Å²) < 4.78 is 0. The van der Waals surface area contributed by atoms with Crippen molar-refractivity contribution in [1.82, 2.24) is 5.32 Å². The van der Waals surface area contributed by atoms with E-state index in [1.165, 1.54) is 30.8 Å². The first-order valence-corrected chi connectivity index (χ1v) is 6.28. The van der Waals surface area contributed by atoms with Gasteiger partial charge in [0.05, 0.1) is 0 Å². The Morgan fingerprint density at radius 2 is 2.25 bits per heavy atom. The van der Waals surface area contributed by atoms with Crippen LogP contribution in [0.25, 0.3) is 0 Å². The van der Waals surface area contributed by atoms with Crippen LogP contribution in [-0.2, 0) is 0 Å². The summed E-state index contributed by atoms with van der Waals surface area (Å²) in [5.41, 5.74) is 4.46. The third-order valence-electron chi connectivity index (χ3n) is 4.18. The minimum absolute atomic E-state index is 0.736. The van der Waals surface area contributed by atoms with E-state index in [2.05, 4.69) is 42.4 Å². The number of rotatable bonds is 0. The molecule has 1 aromatic rings. The van der Waals surface area contributed by atoms with E-state index in [0.29, 0.717) is 0 Å². The average molecular weight is 216 g/mol. The molecular formula is C14H20N2. The Balaban J connectivity index is 2.08. The summed E-state index contributed by atoms with van der Waals surface area (Å²) in [5.74, 6) is 1.58. The van der Waals surface area contributed by atoms with Gasteiger partial charge < -0.3 is 10.2 Å². The summed E-state index contributed by atoms with van der Waals surface area (Å²) in [5, 5.41) is 3.54. The molecule has 3 rings (SSSR count). The molecule has 0 radical (unpaired) electrons. The average Bonchev–Trinajstić information content (AvgIpc) is 2.29. The second-order valence-electron chi connectivity index (χ2n) is 5.25. The van der Waals surface area contributed by atoms with Crippen molar-refractivity contribution in [2.75, 3.05) is 31.6 Å². The number of benzene rings is 1. The number of anilines is 1. The van der Waals surface area contributed by atoms with Crippen molar-refractivity contribution in [1.29, 1.82) is 0 Å². The summed E-state index contributed by atoms with van der Waals surface area (Å²) in [4.78, 5) is 2.46. The predicted molar refractivity (Wildman–Crippen MR) is 68.2 cm³/mol. The minimum atomic E-state index is 0.736. The fourth-order valence-electron chi connectivity index (χ4n) is 3.44. The van der Waals surface area contributed by atoms with E-state index in [1.807, 2.05) is 0 Å². The number of nitrogens with one attached hydrogen (secondary N) is 1. The molecule has 2 heterocycles. The maximum atomic E-state index is 3.54. The van der Waals surface area contributed by atoms with Crippen molar-refractivity contribution in [3.05, 3.63) is 29.3 Å². The van der Waals surface area contributed by atoms with Crippen LogP contribution < -0.4 is 10.2 Å². The number of aryl methyl sites for hydroxylation is 1. The molecule has 0 amide bonds. The molecule has 2 atom stereocenters. The molecule has 1 saturated heterocycles. The van der Waals surface area contributed by atoms with Crippen LogP contribution in [0.3, 0.4) is 0 Å². The zero-order valence-electron chi connectivity index (χ0n) is 10.2. The first-order valence-electron chi connectivity index (χ1n) is 6.28. The number of hydrogen-bond donors (Lipinski definition) is 1. The van der Waals surface area contributed by atoms with Crippen molar-refractivity contribution in [2.24, 2.45) is 5.92 Å². The molecule has 1 aromatic carbocycles. The molecule has 2 heteroatoms. The van der Waals surface area contributed by atoms with Gasteiger partial charge in [0.2, 0.25) is 0 Å². The first kappa shape index (κ1) is 10.2. The maximum absolute atomic E-state index is 3.54. The number of nitrogens with zero attached hydrogens (tertiary/aromatic N) is 1. The van der Waals surface area contributed by atoms with Crippen LogP contribution in [0.4, 0.5) is 5.69 Å². The van der Waals surface area contributed by atoms with Crippen LogP contribution in [0.1, 0.15) is 23.5 Å². The molecule has 0 aliphatic carbocycles. The third kappa shape index (κ3) is 1.44. The topological polar surface area (TPSA) is 15.3 Å². The minimum Gasteiger partial charge on any atom is -0.374 e. The fourth-order valence-corrected chi connectivity index (χ4v) is 3.44. The van der Waals surface area contributed by atoms with E-state index >= 15 is 0 Å². The number of hydrogen-bond acceptors (Lipinski definition) is 2. The lowest BCUT2D eigenvalue weighted by molar-refractivity contribution is 0.316. The smallest absolute Gasteiger partial charge is 0.0429 e. The fraction of sp³-hybridized carbons (Fsp3) is 0.571. The Morgan fingerprint density at radius 1 is 1.38 bits per heavy atom. The van der Waals surface area contributed by atoms with Crippen molar-refractivity contribution < 1.29 is 0 Å². The van der Waals surface area contributed by atoms with E-state index < -0.39 is 0 Å². The van der Waals surface area contributed by atoms with Gasteiger partial charge >= 0.3 is 0 Å². The molecule has 2 aliphatic rings. The highest BCUT2D eigenvalue weighted by atomic mass is 15.1. The van der Waals surface area contributed by atoms with Gasteiger partial charge in [-0.1, -0.05) is 18.2 Å². The summed E-state index contributed by atoms with van der Waals surface area (Å²) in [7, 11) is 2.24. The van der Waals surface area contributed by atoms with Crippen LogP contribution in [0.2, 0.25) is 0 Å². The van der Waals surface area contributed by atoms with Gasteiger partial charge in [-0.3, -0.25) is 0 Å². The Bertz CT molecular complexity index is 400. The molecule has 0 bridgehead atoms. The summed E-state index contributed by atoms with van der Waals surface area (Å²) in [6.07, 6.45) is 1.32. The van der Waals surface area contributed by atoms with Gasteiger partial charge in [0.25, 0.3) is 0 Å².